The van der Waals surface area contributed by atoms with Gasteiger partial charge in [-0.25, -0.2) is 0 Å². The molecule has 1 atom stereocenters. The molecule has 0 spiro atoms. The van der Waals surface area contributed by atoms with Crippen molar-refractivity contribution < 1.29 is 0 Å². The monoisotopic (exact) mass is 230 g/mol. The summed E-state index contributed by atoms with van der Waals surface area (Å²) in [6.07, 6.45) is 0. The fraction of sp³-hybridized carbons (Fsp3) is 0.200. The third-order valence-corrected chi connectivity index (χ3v) is 3.26. The van der Waals surface area contributed by atoms with E-state index in [2.05, 4.69) is 44.2 Å². The van der Waals surface area contributed by atoms with Gasteiger partial charge in [-0.2, -0.15) is 0 Å². The van der Waals surface area contributed by atoms with E-state index >= 15 is 0 Å². The molecule has 2 rings (SSSR count). The van der Waals surface area contributed by atoms with Gasteiger partial charge in [-0.3, -0.25) is 0 Å². The van der Waals surface area contributed by atoms with Crippen molar-refractivity contribution in [3.05, 3.63) is 70.2 Å². The molecule has 2 aromatic carbocycles. The molecule has 0 amide bonds. The van der Waals surface area contributed by atoms with Crippen molar-refractivity contribution in [3.8, 4) is 0 Å². The van der Waals surface area contributed by atoms with Gasteiger partial charge >= 0.3 is 0 Å². The van der Waals surface area contributed by atoms with Gasteiger partial charge < -0.3 is 0 Å². The van der Waals surface area contributed by atoms with E-state index in [1.807, 2.05) is 18.2 Å². The lowest BCUT2D eigenvalue weighted by Gasteiger charge is -2.14. The Morgan fingerprint density at radius 2 is 1.75 bits per heavy atom. The standard InChI is InChI=1S/C15H15Cl/c1-11-6-5-7-13(10-11)12(2)14-8-3-4-9-15(14)16/h3-10,12H,1-2H3/t12-/m0/s1. The molecule has 82 valence electrons. The van der Waals surface area contributed by atoms with E-state index in [0.29, 0.717) is 5.92 Å². The molecule has 1 heteroatoms. The third-order valence-electron chi connectivity index (χ3n) is 2.91. The van der Waals surface area contributed by atoms with Crippen LogP contribution in [0, 0.1) is 6.92 Å². The highest BCUT2D eigenvalue weighted by atomic mass is 35.5. The highest BCUT2D eigenvalue weighted by Crippen LogP contribution is 2.29. The summed E-state index contributed by atoms with van der Waals surface area (Å²) in [6, 6.07) is 16.6. The van der Waals surface area contributed by atoms with Crippen LogP contribution in [0.1, 0.15) is 29.5 Å². The second-order valence-corrected chi connectivity index (χ2v) is 4.56. The zero-order valence-electron chi connectivity index (χ0n) is 9.57. The van der Waals surface area contributed by atoms with Crippen molar-refractivity contribution in [1.82, 2.24) is 0 Å². The average molecular weight is 231 g/mol. The first-order valence-corrected chi connectivity index (χ1v) is 5.87. The number of aryl methyl sites for hydroxylation is 1. The van der Waals surface area contributed by atoms with Gasteiger partial charge in [0.25, 0.3) is 0 Å². The van der Waals surface area contributed by atoms with Gasteiger partial charge in [0.1, 0.15) is 0 Å². The molecule has 0 aliphatic rings. The second-order valence-electron chi connectivity index (χ2n) is 4.16. The zero-order chi connectivity index (χ0) is 11.5. The van der Waals surface area contributed by atoms with Crippen LogP contribution in [0.25, 0.3) is 0 Å². The minimum Gasteiger partial charge on any atom is -0.0840 e. The summed E-state index contributed by atoms with van der Waals surface area (Å²) in [5.41, 5.74) is 3.79. The first-order chi connectivity index (χ1) is 7.68. The molecule has 0 saturated heterocycles. The van der Waals surface area contributed by atoms with E-state index in [0.717, 1.165) is 5.02 Å². The van der Waals surface area contributed by atoms with Gasteiger partial charge in [0, 0.05) is 10.9 Å². The van der Waals surface area contributed by atoms with Gasteiger partial charge in [0.2, 0.25) is 0 Å². The lowest BCUT2D eigenvalue weighted by atomic mass is 9.92. The van der Waals surface area contributed by atoms with Crippen molar-refractivity contribution in [2.24, 2.45) is 0 Å². The summed E-state index contributed by atoms with van der Waals surface area (Å²) in [4.78, 5) is 0. The first-order valence-electron chi connectivity index (χ1n) is 5.49. The zero-order valence-corrected chi connectivity index (χ0v) is 10.3. The Morgan fingerprint density at radius 3 is 2.44 bits per heavy atom. The number of benzene rings is 2. The van der Waals surface area contributed by atoms with E-state index in [9.17, 15) is 0 Å². The summed E-state index contributed by atoms with van der Waals surface area (Å²) in [6.45, 7) is 4.30. The highest BCUT2D eigenvalue weighted by Gasteiger charge is 2.10. The molecule has 16 heavy (non-hydrogen) atoms. The van der Waals surface area contributed by atoms with Gasteiger partial charge in [0.15, 0.2) is 0 Å². The largest absolute Gasteiger partial charge is 0.0840 e. The molecular formula is C15H15Cl. The minimum absolute atomic E-state index is 0.341. The van der Waals surface area contributed by atoms with E-state index in [1.165, 1.54) is 16.7 Å². The van der Waals surface area contributed by atoms with Crippen molar-refractivity contribution >= 4 is 11.6 Å². The van der Waals surface area contributed by atoms with Crippen LogP contribution >= 0.6 is 11.6 Å². The van der Waals surface area contributed by atoms with Crippen molar-refractivity contribution in [1.29, 1.82) is 0 Å². The lowest BCUT2D eigenvalue weighted by Crippen LogP contribution is -1.97. The summed E-state index contributed by atoms with van der Waals surface area (Å²) < 4.78 is 0. The van der Waals surface area contributed by atoms with Crippen LogP contribution in [0.15, 0.2) is 48.5 Å². The van der Waals surface area contributed by atoms with E-state index in [1.54, 1.807) is 0 Å². The molecule has 0 fully saturated rings. The van der Waals surface area contributed by atoms with Crippen LogP contribution in [-0.2, 0) is 0 Å². The number of halogens is 1. The van der Waals surface area contributed by atoms with Gasteiger partial charge in [-0.15, -0.1) is 0 Å². The van der Waals surface area contributed by atoms with Crippen molar-refractivity contribution in [3.63, 3.8) is 0 Å². The Bertz CT molecular complexity index is 488. The lowest BCUT2D eigenvalue weighted by molar-refractivity contribution is 0.920. The Morgan fingerprint density at radius 1 is 1.00 bits per heavy atom. The third kappa shape index (κ3) is 2.28. The van der Waals surface area contributed by atoms with Gasteiger partial charge in [-0.1, -0.05) is 66.6 Å². The minimum atomic E-state index is 0.341. The van der Waals surface area contributed by atoms with Gasteiger partial charge in [-0.05, 0) is 24.1 Å². The predicted molar refractivity (Wildman–Crippen MR) is 70.1 cm³/mol. The average Bonchev–Trinajstić information content (AvgIpc) is 2.29. The number of hydrogen-bond acceptors (Lipinski definition) is 0. The van der Waals surface area contributed by atoms with Crippen LogP contribution in [0.5, 0.6) is 0 Å². The normalized spacial score (nSPS) is 12.4. The van der Waals surface area contributed by atoms with E-state index in [-0.39, 0.29) is 0 Å². The Labute approximate surface area is 102 Å². The Balaban J connectivity index is 2.39. The number of rotatable bonds is 2. The molecule has 0 heterocycles. The topological polar surface area (TPSA) is 0 Å². The Hall–Kier alpha value is -1.27. The Kier molecular flexibility index (Phi) is 3.31. The van der Waals surface area contributed by atoms with E-state index < -0.39 is 0 Å². The predicted octanol–water partition coefficient (Wildman–Crippen LogP) is 4.80. The molecule has 0 aliphatic heterocycles. The van der Waals surface area contributed by atoms with E-state index in [4.69, 9.17) is 11.6 Å². The van der Waals surface area contributed by atoms with Crippen molar-refractivity contribution in [2.45, 2.75) is 19.8 Å². The van der Waals surface area contributed by atoms with Crippen LogP contribution in [0.4, 0.5) is 0 Å². The quantitative estimate of drug-likeness (QED) is 0.695. The molecule has 0 unspecified atom stereocenters. The van der Waals surface area contributed by atoms with Crippen LogP contribution < -0.4 is 0 Å². The molecule has 0 aliphatic carbocycles. The van der Waals surface area contributed by atoms with Gasteiger partial charge in [0.05, 0.1) is 0 Å². The van der Waals surface area contributed by atoms with Crippen molar-refractivity contribution in [2.75, 3.05) is 0 Å². The summed E-state index contributed by atoms with van der Waals surface area (Å²) in [5.74, 6) is 0.341. The molecule has 2 aromatic rings. The smallest absolute Gasteiger partial charge is 0.0444 e. The maximum absolute atomic E-state index is 6.21. The number of hydrogen-bond donors (Lipinski definition) is 0. The summed E-state index contributed by atoms with van der Waals surface area (Å²) in [7, 11) is 0. The summed E-state index contributed by atoms with van der Waals surface area (Å²) >= 11 is 6.21. The molecular weight excluding hydrogens is 216 g/mol. The molecule has 0 radical (unpaired) electrons. The molecule has 0 aromatic heterocycles. The maximum Gasteiger partial charge on any atom is 0.0444 e. The highest BCUT2D eigenvalue weighted by molar-refractivity contribution is 6.31. The van der Waals surface area contributed by atoms with Crippen LogP contribution in [0.3, 0.4) is 0 Å². The molecule has 0 N–H and O–H groups in total. The SMILES string of the molecule is Cc1cccc([C@H](C)c2ccccc2Cl)c1. The second kappa shape index (κ2) is 4.71. The van der Waals surface area contributed by atoms with Crippen LogP contribution in [0.2, 0.25) is 5.02 Å². The molecule has 0 saturated carbocycles. The molecule has 0 nitrogen and oxygen atoms in total. The first kappa shape index (κ1) is 11.2. The maximum atomic E-state index is 6.21. The fourth-order valence-electron chi connectivity index (χ4n) is 1.95. The summed E-state index contributed by atoms with van der Waals surface area (Å²) in [5, 5.41) is 0.844. The molecule has 0 bridgehead atoms. The van der Waals surface area contributed by atoms with Crippen LogP contribution in [-0.4, -0.2) is 0 Å². The fourth-order valence-corrected chi connectivity index (χ4v) is 2.24.